The Morgan fingerprint density at radius 3 is 2.56 bits per heavy atom. The molecule has 2 aromatic carbocycles. The number of benzene rings is 2. The zero-order valence-corrected chi connectivity index (χ0v) is 19.7. The van der Waals surface area contributed by atoms with E-state index in [-0.39, 0.29) is 22.6 Å². The summed E-state index contributed by atoms with van der Waals surface area (Å²) in [4.78, 5) is 27.3. The van der Waals surface area contributed by atoms with Gasteiger partial charge in [-0.05, 0) is 62.4 Å². The average molecular weight is 458 g/mol. The van der Waals surface area contributed by atoms with Crippen molar-refractivity contribution < 1.29 is 18.0 Å². The molecule has 32 heavy (non-hydrogen) atoms. The van der Waals surface area contributed by atoms with Crippen LogP contribution in [0.2, 0.25) is 0 Å². The van der Waals surface area contributed by atoms with Crippen LogP contribution in [0.25, 0.3) is 0 Å². The molecule has 2 aromatic rings. The molecule has 1 aliphatic heterocycles. The highest BCUT2D eigenvalue weighted by Gasteiger charge is 2.30. The Morgan fingerprint density at radius 2 is 1.84 bits per heavy atom. The maximum Gasteiger partial charge on any atom is 0.261 e. The minimum Gasteiger partial charge on any atom is -0.356 e. The number of amides is 2. The lowest BCUT2D eigenvalue weighted by Crippen LogP contribution is -2.45. The monoisotopic (exact) mass is 457 g/mol. The van der Waals surface area contributed by atoms with Crippen molar-refractivity contribution in [1.82, 2.24) is 10.2 Å². The molecule has 1 unspecified atom stereocenters. The standard InChI is InChI=1S/C24H31N3O4S/c1-4-13-25-23(28)19-9-7-14-27(16-19)24(29)21-15-20(12-11-17(21)2)32(30,31)26-22-10-6-5-8-18(22)3/h5-6,8,10-12,15,19,26H,4,7,9,13-14,16H2,1-3H3,(H,25,28). The molecule has 0 aliphatic carbocycles. The Balaban J connectivity index is 1.81. The highest BCUT2D eigenvalue weighted by atomic mass is 32.2. The molecule has 0 bridgehead atoms. The molecule has 2 N–H and O–H groups in total. The number of aryl methyl sites for hydroxylation is 2. The van der Waals surface area contributed by atoms with Gasteiger partial charge in [-0.3, -0.25) is 14.3 Å². The van der Waals surface area contributed by atoms with Crippen molar-refractivity contribution in [1.29, 1.82) is 0 Å². The molecule has 1 heterocycles. The van der Waals surface area contributed by atoms with Gasteiger partial charge in [0.25, 0.3) is 15.9 Å². The van der Waals surface area contributed by atoms with Gasteiger partial charge in [-0.25, -0.2) is 8.42 Å². The van der Waals surface area contributed by atoms with E-state index < -0.39 is 10.0 Å². The Bertz CT molecular complexity index is 1100. The molecule has 1 aliphatic rings. The number of hydrogen-bond acceptors (Lipinski definition) is 4. The van der Waals surface area contributed by atoms with Crippen molar-refractivity contribution in [2.24, 2.45) is 5.92 Å². The largest absolute Gasteiger partial charge is 0.356 e. The van der Waals surface area contributed by atoms with Crippen molar-refractivity contribution >= 4 is 27.5 Å². The molecule has 0 radical (unpaired) electrons. The summed E-state index contributed by atoms with van der Waals surface area (Å²) >= 11 is 0. The second-order valence-corrected chi connectivity index (χ2v) is 9.96. The van der Waals surface area contributed by atoms with E-state index >= 15 is 0 Å². The molecule has 1 saturated heterocycles. The fourth-order valence-corrected chi connectivity index (χ4v) is 4.98. The third kappa shape index (κ3) is 5.48. The number of nitrogens with one attached hydrogen (secondary N) is 2. The second-order valence-electron chi connectivity index (χ2n) is 8.28. The quantitative estimate of drug-likeness (QED) is 0.665. The fourth-order valence-electron chi connectivity index (χ4n) is 3.83. The van der Waals surface area contributed by atoms with Gasteiger partial charge >= 0.3 is 0 Å². The normalized spacial score (nSPS) is 16.5. The van der Waals surface area contributed by atoms with E-state index in [9.17, 15) is 18.0 Å². The summed E-state index contributed by atoms with van der Waals surface area (Å²) in [6.45, 7) is 7.12. The van der Waals surface area contributed by atoms with Crippen LogP contribution in [0.5, 0.6) is 0 Å². The third-order valence-electron chi connectivity index (χ3n) is 5.77. The van der Waals surface area contributed by atoms with Gasteiger partial charge in [0.15, 0.2) is 0 Å². The Labute approximate surface area is 190 Å². The van der Waals surface area contributed by atoms with Crippen LogP contribution in [0.1, 0.15) is 47.7 Å². The van der Waals surface area contributed by atoms with Crippen molar-refractivity contribution in [2.45, 2.75) is 44.9 Å². The maximum atomic E-state index is 13.3. The molecule has 8 heteroatoms. The molecule has 3 rings (SSSR count). The van der Waals surface area contributed by atoms with Crippen LogP contribution in [0.4, 0.5) is 5.69 Å². The van der Waals surface area contributed by atoms with Crippen LogP contribution in [0.15, 0.2) is 47.4 Å². The fraction of sp³-hybridized carbons (Fsp3) is 0.417. The minimum absolute atomic E-state index is 0.0279. The summed E-state index contributed by atoms with van der Waals surface area (Å²) in [6, 6.07) is 11.7. The first-order valence-electron chi connectivity index (χ1n) is 11.0. The molecule has 2 amide bonds. The van der Waals surface area contributed by atoms with Crippen LogP contribution in [-0.4, -0.2) is 44.8 Å². The minimum atomic E-state index is -3.86. The number of piperidine rings is 1. The summed E-state index contributed by atoms with van der Waals surface area (Å²) < 4.78 is 28.5. The number of rotatable bonds is 7. The van der Waals surface area contributed by atoms with Crippen LogP contribution in [-0.2, 0) is 14.8 Å². The summed E-state index contributed by atoms with van der Waals surface area (Å²) in [5, 5.41) is 2.90. The van der Waals surface area contributed by atoms with E-state index in [4.69, 9.17) is 0 Å². The van der Waals surface area contributed by atoms with Crippen molar-refractivity contribution in [2.75, 3.05) is 24.4 Å². The SMILES string of the molecule is CCCNC(=O)C1CCCN(C(=O)c2cc(S(=O)(=O)Nc3ccccc3C)ccc2C)C1. The van der Waals surface area contributed by atoms with E-state index in [1.807, 2.05) is 26.0 Å². The number of nitrogens with zero attached hydrogens (tertiary/aromatic N) is 1. The number of hydrogen-bond donors (Lipinski definition) is 2. The van der Waals surface area contributed by atoms with Gasteiger partial charge in [-0.2, -0.15) is 0 Å². The van der Waals surface area contributed by atoms with E-state index in [0.717, 1.165) is 24.8 Å². The third-order valence-corrected chi connectivity index (χ3v) is 7.13. The number of likely N-dealkylation sites (tertiary alicyclic amines) is 1. The molecule has 0 spiro atoms. The Morgan fingerprint density at radius 1 is 1.09 bits per heavy atom. The number of para-hydroxylation sites is 1. The number of carbonyl (C=O) groups is 2. The average Bonchev–Trinajstić information content (AvgIpc) is 2.78. The smallest absolute Gasteiger partial charge is 0.261 e. The Kier molecular flexibility index (Phi) is 7.56. The van der Waals surface area contributed by atoms with Crippen LogP contribution in [0.3, 0.4) is 0 Å². The first-order chi connectivity index (χ1) is 15.2. The first-order valence-corrected chi connectivity index (χ1v) is 12.5. The van der Waals surface area contributed by atoms with Gasteiger partial charge in [-0.1, -0.05) is 31.2 Å². The maximum absolute atomic E-state index is 13.3. The first kappa shape index (κ1) is 23.8. The highest BCUT2D eigenvalue weighted by molar-refractivity contribution is 7.92. The Hall–Kier alpha value is -2.87. The second kappa shape index (κ2) is 10.2. The van der Waals surface area contributed by atoms with Crippen molar-refractivity contribution in [3.63, 3.8) is 0 Å². The van der Waals surface area contributed by atoms with Crippen molar-refractivity contribution in [3.8, 4) is 0 Å². The van der Waals surface area contributed by atoms with Crippen LogP contribution >= 0.6 is 0 Å². The molecular formula is C24H31N3O4S. The number of sulfonamides is 1. The summed E-state index contributed by atoms with van der Waals surface area (Å²) in [5.74, 6) is -0.516. The number of carbonyl (C=O) groups excluding carboxylic acids is 2. The zero-order chi connectivity index (χ0) is 23.3. The molecule has 0 saturated carbocycles. The summed E-state index contributed by atoms with van der Waals surface area (Å²) in [7, 11) is -3.86. The predicted octanol–water partition coefficient (Wildman–Crippen LogP) is 3.48. The summed E-state index contributed by atoms with van der Waals surface area (Å²) in [5.41, 5.74) is 2.34. The summed E-state index contributed by atoms with van der Waals surface area (Å²) in [6.07, 6.45) is 2.34. The topological polar surface area (TPSA) is 95.6 Å². The molecular weight excluding hydrogens is 426 g/mol. The van der Waals surface area contributed by atoms with E-state index in [0.29, 0.717) is 36.4 Å². The molecule has 1 fully saturated rings. The van der Waals surface area contributed by atoms with Gasteiger partial charge < -0.3 is 10.2 Å². The molecule has 7 nitrogen and oxygen atoms in total. The van der Waals surface area contributed by atoms with Gasteiger partial charge in [0, 0.05) is 25.2 Å². The van der Waals surface area contributed by atoms with Crippen molar-refractivity contribution in [3.05, 3.63) is 59.2 Å². The lowest BCUT2D eigenvalue weighted by Gasteiger charge is -2.32. The predicted molar refractivity (Wildman–Crippen MR) is 125 cm³/mol. The van der Waals surface area contributed by atoms with Gasteiger partial charge in [-0.15, -0.1) is 0 Å². The molecule has 1 atom stereocenters. The molecule has 172 valence electrons. The van der Waals surface area contributed by atoms with E-state index in [1.165, 1.54) is 12.1 Å². The van der Waals surface area contributed by atoms with Gasteiger partial charge in [0.05, 0.1) is 16.5 Å². The van der Waals surface area contributed by atoms with E-state index in [2.05, 4.69) is 10.0 Å². The number of anilines is 1. The van der Waals surface area contributed by atoms with Gasteiger partial charge in [0.2, 0.25) is 5.91 Å². The van der Waals surface area contributed by atoms with Crippen LogP contribution < -0.4 is 10.0 Å². The lowest BCUT2D eigenvalue weighted by atomic mass is 9.96. The van der Waals surface area contributed by atoms with E-state index in [1.54, 1.807) is 30.0 Å². The van der Waals surface area contributed by atoms with Crippen LogP contribution in [0, 0.1) is 19.8 Å². The zero-order valence-electron chi connectivity index (χ0n) is 18.8. The highest BCUT2D eigenvalue weighted by Crippen LogP contribution is 2.24. The lowest BCUT2D eigenvalue weighted by molar-refractivity contribution is -0.126. The van der Waals surface area contributed by atoms with Gasteiger partial charge in [0.1, 0.15) is 0 Å². The molecule has 0 aromatic heterocycles.